The molecule has 0 bridgehead atoms. The summed E-state index contributed by atoms with van der Waals surface area (Å²) < 4.78 is 0. The van der Waals surface area contributed by atoms with Gasteiger partial charge in [-0.15, -0.1) is 0 Å². The van der Waals surface area contributed by atoms with Crippen LogP contribution < -0.4 is 5.32 Å². The molecule has 1 N–H and O–H groups in total. The molecule has 2 fully saturated rings. The van der Waals surface area contributed by atoms with E-state index >= 15 is 0 Å². The Morgan fingerprint density at radius 3 is 2.48 bits per heavy atom. The van der Waals surface area contributed by atoms with E-state index in [0.717, 1.165) is 18.5 Å². The van der Waals surface area contributed by atoms with Crippen LogP contribution in [0.25, 0.3) is 0 Å². The maximum absolute atomic E-state index is 3.78. The molecule has 1 aliphatic carbocycles. The summed E-state index contributed by atoms with van der Waals surface area (Å²) in [4.78, 5) is 2.71. The van der Waals surface area contributed by atoms with Gasteiger partial charge in [0.05, 0.1) is 0 Å². The van der Waals surface area contributed by atoms with Gasteiger partial charge in [-0.3, -0.25) is 4.90 Å². The van der Waals surface area contributed by atoms with Crippen molar-refractivity contribution in [3.8, 4) is 0 Å². The molecule has 116 valence electrons. The average Bonchev–Trinajstić information content (AvgIpc) is 3.32. The highest BCUT2D eigenvalue weighted by Gasteiger charge is 2.36. The molecule has 0 radical (unpaired) electrons. The second kappa shape index (κ2) is 6.50. The molecule has 1 saturated carbocycles. The van der Waals surface area contributed by atoms with E-state index in [9.17, 15) is 0 Å². The quantitative estimate of drug-likeness (QED) is 0.886. The lowest BCUT2D eigenvalue weighted by Crippen LogP contribution is -2.56. The van der Waals surface area contributed by atoms with E-state index in [1.807, 2.05) is 0 Å². The van der Waals surface area contributed by atoms with Gasteiger partial charge in [-0.05, 0) is 42.2 Å². The number of piperazine rings is 1. The summed E-state index contributed by atoms with van der Waals surface area (Å²) >= 11 is 0. The van der Waals surface area contributed by atoms with Gasteiger partial charge in [0.2, 0.25) is 0 Å². The molecule has 2 nitrogen and oxygen atoms in total. The first kappa shape index (κ1) is 15.1. The van der Waals surface area contributed by atoms with Crippen LogP contribution in [0.4, 0.5) is 0 Å². The minimum Gasteiger partial charge on any atom is -0.311 e. The molecular weight excluding hydrogens is 256 g/mol. The summed E-state index contributed by atoms with van der Waals surface area (Å²) in [5, 5.41) is 3.78. The summed E-state index contributed by atoms with van der Waals surface area (Å²) in [6, 6.07) is 10.7. The van der Waals surface area contributed by atoms with Crippen molar-refractivity contribution in [1.29, 1.82) is 0 Å². The molecule has 0 spiro atoms. The predicted octanol–water partition coefficient (Wildman–Crippen LogP) is 3.77. The molecule has 1 aromatic carbocycles. The number of hydrogen-bond acceptors (Lipinski definition) is 2. The van der Waals surface area contributed by atoms with Crippen LogP contribution in [0.3, 0.4) is 0 Å². The van der Waals surface area contributed by atoms with Crippen molar-refractivity contribution in [3.63, 3.8) is 0 Å². The molecule has 2 aliphatic rings. The summed E-state index contributed by atoms with van der Waals surface area (Å²) in [5.41, 5.74) is 2.91. The molecule has 2 unspecified atom stereocenters. The fraction of sp³-hybridized carbons (Fsp3) is 0.684. The van der Waals surface area contributed by atoms with Crippen molar-refractivity contribution >= 4 is 0 Å². The fourth-order valence-corrected chi connectivity index (χ4v) is 3.54. The van der Waals surface area contributed by atoms with Crippen LogP contribution in [0, 0.1) is 5.92 Å². The van der Waals surface area contributed by atoms with Gasteiger partial charge in [0.1, 0.15) is 0 Å². The van der Waals surface area contributed by atoms with Crippen molar-refractivity contribution in [2.45, 2.75) is 64.6 Å². The van der Waals surface area contributed by atoms with Gasteiger partial charge < -0.3 is 5.32 Å². The molecule has 2 atom stereocenters. The van der Waals surface area contributed by atoms with E-state index < -0.39 is 0 Å². The van der Waals surface area contributed by atoms with Crippen LogP contribution >= 0.6 is 0 Å². The molecule has 1 aliphatic heterocycles. The van der Waals surface area contributed by atoms with Crippen molar-refractivity contribution in [3.05, 3.63) is 35.4 Å². The lowest BCUT2D eigenvalue weighted by Gasteiger charge is -2.40. The third kappa shape index (κ3) is 3.67. The van der Waals surface area contributed by atoms with Crippen LogP contribution in [-0.4, -0.2) is 30.1 Å². The lowest BCUT2D eigenvalue weighted by atomic mass is 10.00. The third-order valence-electron chi connectivity index (χ3n) is 5.26. The number of hydrogen-bond donors (Lipinski definition) is 1. The molecule has 2 heteroatoms. The third-order valence-corrected chi connectivity index (χ3v) is 5.26. The highest BCUT2D eigenvalue weighted by atomic mass is 15.2. The van der Waals surface area contributed by atoms with Gasteiger partial charge in [-0.2, -0.15) is 0 Å². The summed E-state index contributed by atoms with van der Waals surface area (Å²) in [6.45, 7) is 10.4. The number of benzene rings is 1. The SMILES string of the molecule is CCC1CNC(C2CC2)CN1Cc1ccc(C(C)C)cc1. The van der Waals surface area contributed by atoms with Crippen molar-refractivity contribution in [1.82, 2.24) is 10.2 Å². The standard InChI is InChI=1S/C19H30N2/c1-4-18-11-20-19(17-9-10-17)13-21(18)12-15-5-7-16(8-6-15)14(2)3/h5-8,14,17-20H,4,9-13H2,1-3H3. The second-order valence-corrected chi connectivity index (χ2v) is 7.24. The largest absolute Gasteiger partial charge is 0.311 e. The van der Waals surface area contributed by atoms with E-state index in [2.05, 4.69) is 55.3 Å². The monoisotopic (exact) mass is 286 g/mol. The van der Waals surface area contributed by atoms with Crippen molar-refractivity contribution in [2.75, 3.05) is 13.1 Å². The topological polar surface area (TPSA) is 15.3 Å². The van der Waals surface area contributed by atoms with Crippen LogP contribution in [0.15, 0.2) is 24.3 Å². The Morgan fingerprint density at radius 2 is 1.90 bits per heavy atom. The van der Waals surface area contributed by atoms with Crippen LogP contribution in [0.1, 0.15) is 57.1 Å². The molecule has 21 heavy (non-hydrogen) atoms. The van der Waals surface area contributed by atoms with Gasteiger partial charge >= 0.3 is 0 Å². The van der Waals surface area contributed by atoms with Gasteiger partial charge in [0.25, 0.3) is 0 Å². The average molecular weight is 286 g/mol. The van der Waals surface area contributed by atoms with Gasteiger partial charge in [0.15, 0.2) is 0 Å². The first-order chi connectivity index (χ1) is 10.2. The molecule has 0 amide bonds. The van der Waals surface area contributed by atoms with Crippen molar-refractivity contribution in [2.24, 2.45) is 5.92 Å². The molecule has 0 aromatic heterocycles. The van der Waals surface area contributed by atoms with Gasteiger partial charge in [0, 0.05) is 31.7 Å². The van der Waals surface area contributed by atoms with E-state index in [-0.39, 0.29) is 0 Å². The van der Waals surface area contributed by atoms with Gasteiger partial charge in [-0.25, -0.2) is 0 Å². The highest BCUT2D eigenvalue weighted by molar-refractivity contribution is 5.24. The minimum absolute atomic E-state index is 0.626. The fourth-order valence-electron chi connectivity index (χ4n) is 3.54. The van der Waals surface area contributed by atoms with Crippen molar-refractivity contribution < 1.29 is 0 Å². The maximum Gasteiger partial charge on any atom is 0.0237 e. The minimum atomic E-state index is 0.626. The number of rotatable bonds is 5. The Labute approximate surface area is 129 Å². The highest BCUT2D eigenvalue weighted by Crippen LogP contribution is 2.34. The van der Waals surface area contributed by atoms with E-state index in [4.69, 9.17) is 0 Å². The summed E-state index contributed by atoms with van der Waals surface area (Å²) in [7, 11) is 0. The second-order valence-electron chi connectivity index (χ2n) is 7.24. The first-order valence-electron chi connectivity index (χ1n) is 8.73. The smallest absolute Gasteiger partial charge is 0.0237 e. The van der Waals surface area contributed by atoms with Gasteiger partial charge in [-0.1, -0.05) is 45.0 Å². The van der Waals surface area contributed by atoms with E-state index in [1.54, 1.807) is 0 Å². The Balaban J connectivity index is 1.65. The van der Waals surface area contributed by atoms with Crippen LogP contribution in [0.2, 0.25) is 0 Å². The zero-order chi connectivity index (χ0) is 14.8. The summed E-state index contributed by atoms with van der Waals surface area (Å²) in [6.07, 6.45) is 4.12. The zero-order valence-electron chi connectivity index (χ0n) is 13.8. The zero-order valence-corrected chi connectivity index (χ0v) is 13.8. The Morgan fingerprint density at radius 1 is 1.19 bits per heavy atom. The van der Waals surface area contributed by atoms with E-state index in [1.165, 1.54) is 43.5 Å². The number of nitrogens with zero attached hydrogens (tertiary/aromatic N) is 1. The summed E-state index contributed by atoms with van der Waals surface area (Å²) in [5.74, 6) is 1.58. The van der Waals surface area contributed by atoms with Crippen LogP contribution in [-0.2, 0) is 6.54 Å². The predicted molar refractivity (Wildman–Crippen MR) is 89.5 cm³/mol. The lowest BCUT2D eigenvalue weighted by molar-refractivity contribution is 0.112. The molecule has 1 heterocycles. The normalized spacial score (nSPS) is 27.2. The first-order valence-corrected chi connectivity index (χ1v) is 8.73. The Bertz CT molecular complexity index is 447. The van der Waals surface area contributed by atoms with Crippen LogP contribution in [0.5, 0.6) is 0 Å². The van der Waals surface area contributed by atoms with E-state index in [0.29, 0.717) is 12.0 Å². The maximum atomic E-state index is 3.78. The molecule has 3 rings (SSSR count). The number of nitrogens with one attached hydrogen (secondary N) is 1. The molecular formula is C19H30N2. The molecule has 1 aromatic rings. The Hall–Kier alpha value is -0.860. The molecule has 1 saturated heterocycles. The Kier molecular flexibility index (Phi) is 4.66.